The van der Waals surface area contributed by atoms with E-state index < -0.39 is 23.6 Å². The summed E-state index contributed by atoms with van der Waals surface area (Å²) in [5.74, 6) is -2.04. The number of benzene rings is 1. The van der Waals surface area contributed by atoms with Crippen LogP contribution >= 0.6 is 0 Å². The Morgan fingerprint density at radius 3 is 2.52 bits per heavy atom. The van der Waals surface area contributed by atoms with Crippen molar-refractivity contribution in [2.24, 2.45) is 0 Å². The van der Waals surface area contributed by atoms with Crippen molar-refractivity contribution in [3.8, 4) is 0 Å². The molecule has 0 saturated heterocycles. The predicted molar refractivity (Wildman–Crippen MR) is 76.9 cm³/mol. The Morgan fingerprint density at radius 2 is 2.00 bits per heavy atom. The number of nitrogens with one attached hydrogen (secondary N) is 1. The van der Waals surface area contributed by atoms with Gasteiger partial charge in [-0.25, -0.2) is 13.6 Å². The van der Waals surface area contributed by atoms with Gasteiger partial charge in [0.1, 0.15) is 17.7 Å². The third kappa shape index (κ3) is 5.06. The molecule has 0 aliphatic heterocycles. The van der Waals surface area contributed by atoms with Gasteiger partial charge in [0, 0.05) is 24.7 Å². The van der Waals surface area contributed by atoms with Gasteiger partial charge in [0.2, 0.25) is 0 Å². The summed E-state index contributed by atoms with van der Waals surface area (Å²) in [6.45, 7) is 7.10. The van der Waals surface area contributed by atoms with Crippen molar-refractivity contribution in [1.82, 2.24) is 10.2 Å². The molecule has 0 heterocycles. The van der Waals surface area contributed by atoms with E-state index in [0.717, 1.165) is 31.8 Å². The number of rotatable bonds is 8. The third-order valence-corrected chi connectivity index (χ3v) is 3.38. The Balaban J connectivity index is 2.79. The van der Waals surface area contributed by atoms with Crippen LogP contribution in [0.1, 0.15) is 25.5 Å². The van der Waals surface area contributed by atoms with Gasteiger partial charge >= 0.3 is 5.97 Å². The van der Waals surface area contributed by atoms with Crippen molar-refractivity contribution in [2.45, 2.75) is 19.9 Å². The minimum absolute atomic E-state index is 0.0859. The number of nitrogens with zero attached hydrogens (tertiary/aromatic N) is 1. The molecule has 0 fully saturated rings. The van der Waals surface area contributed by atoms with Gasteiger partial charge in [-0.05, 0) is 19.2 Å². The smallest absolute Gasteiger partial charge is 0.327 e. The maximum absolute atomic E-state index is 13.8. The van der Waals surface area contributed by atoms with Crippen LogP contribution in [-0.2, 0) is 9.53 Å². The molecule has 1 atom stereocenters. The Bertz CT molecular complexity index is 465. The number of ether oxygens (including phenoxy) is 1. The Hall–Kier alpha value is -1.53. The standard InChI is InChI=1S/C15H22F2N2O2/c1-4-19(5-2)9-8-18-14(15(20)21-3)12-7-6-11(16)10-13(12)17/h6-7,10,14,18H,4-5,8-9H2,1-3H3. The van der Waals surface area contributed by atoms with Gasteiger partial charge in [-0.1, -0.05) is 19.9 Å². The largest absolute Gasteiger partial charge is 0.468 e. The number of likely N-dealkylation sites (N-methyl/N-ethyl adjacent to an activating group) is 1. The first-order chi connectivity index (χ1) is 10.0. The van der Waals surface area contributed by atoms with Crippen LogP contribution in [-0.4, -0.2) is 44.2 Å². The van der Waals surface area contributed by atoms with Crippen molar-refractivity contribution in [3.63, 3.8) is 0 Å². The molecule has 0 spiro atoms. The molecule has 1 aromatic rings. The first-order valence-corrected chi connectivity index (χ1v) is 7.01. The molecule has 1 N–H and O–H groups in total. The highest BCUT2D eigenvalue weighted by Gasteiger charge is 2.24. The van der Waals surface area contributed by atoms with Crippen LogP contribution in [0.25, 0.3) is 0 Å². The van der Waals surface area contributed by atoms with Crippen LogP contribution in [0.4, 0.5) is 8.78 Å². The fraction of sp³-hybridized carbons (Fsp3) is 0.533. The van der Waals surface area contributed by atoms with E-state index in [9.17, 15) is 13.6 Å². The topological polar surface area (TPSA) is 41.6 Å². The molecule has 0 aliphatic rings. The number of methoxy groups -OCH3 is 1. The van der Waals surface area contributed by atoms with Crippen LogP contribution in [0.2, 0.25) is 0 Å². The quantitative estimate of drug-likeness (QED) is 0.747. The van der Waals surface area contributed by atoms with E-state index in [1.165, 1.54) is 13.2 Å². The van der Waals surface area contributed by atoms with Gasteiger partial charge in [-0.2, -0.15) is 0 Å². The first-order valence-electron chi connectivity index (χ1n) is 7.01. The predicted octanol–water partition coefficient (Wildman–Crippen LogP) is 2.11. The molecule has 6 heteroatoms. The summed E-state index contributed by atoms with van der Waals surface area (Å²) in [7, 11) is 1.24. The van der Waals surface area contributed by atoms with Gasteiger partial charge in [0.15, 0.2) is 0 Å². The fourth-order valence-corrected chi connectivity index (χ4v) is 2.08. The van der Waals surface area contributed by atoms with Crippen molar-refractivity contribution in [2.75, 3.05) is 33.3 Å². The van der Waals surface area contributed by atoms with Gasteiger partial charge in [0.05, 0.1) is 7.11 Å². The Morgan fingerprint density at radius 1 is 1.33 bits per heavy atom. The van der Waals surface area contributed by atoms with E-state index in [4.69, 9.17) is 0 Å². The fourth-order valence-electron chi connectivity index (χ4n) is 2.08. The minimum atomic E-state index is -0.939. The molecule has 118 valence electrons. The second-order valence-corrected chi connectivity index (χ2v) is 4.60. The first kappa shape index (κ1) is 17.5. The summed E-state index contributed by atoms with van der Waals surface area (Å²) in [5.41, 5.74) is 0.0859. The van der Waals surface area contributed by atoms with E-state index in [1.807, 2.05) is 13.8 Å². The van der Waals surface area contributed by atoms with E-state index in [2.05, 4.69) is 15.0 Å². The summed E-state index contributed by atoms with van der Waals surface area (Å²) in [6, 6.07) is 2.21. The highest BCUT2D eigenvalue weighted by Crippen LogP contribution is 2.19. The van der Waals surface area contributed by atoms with E-state index >= 15 is 0 Å². The monoisotopic (exact) mass is 300 g/mol. The normalized spacial score (nSPS) is 12.5. The second-order valence-electron chi connectivity index (χ2n) is 4.60. The third-order valence-electron chi connectivity index (χ3n) is 3.38. The summed E-state index contributed by atoms with van der Waals surface area (Å²) in [4.78, 5) is 14.0. The van der Waals surface area contributed by atoms with Crippen LogP contribution in [0.3, 0.4) is 0 Å². The van der Waals surface area contributed by atoms with Crippen molar-refractivity contribution < 1.29 is 18.3 Å². The van der Waals surface area contributed by atoms with Crippen molar-refractivity contribution in [3.05, 3.63) is 35.4 Å². The highest BCUT2D eigenvalue weighted by atomic mass is 19.1. The number of hydrogen-bond donors (Lipinski definition) is 1. The number of carbonyl (C=O) groups excluding carboxylic acids is 1. The molecule has 4 nitrogen and oxygen atoms in total. The van der Waals surface area contributed by atoms with Gasteiger partial charge in [0.25, 0.3) is 0 Å². The summed E-state index contributed by atoms with van der Waals surface area (Å²) in [5, 5.41) is 2.97. The zero-order valence-corrected chi connectivity index (χ0v) is 12.7. The zero-order chi connectivity index (χ0) is 15.8. The molecule has 1 unspecified atom stereocenters. The highest BCUT2D eigenvalue weighted by molar-refractivity contribution is 5.77. The summed E-state index contributed by atoms with van der Waals surface area (Å²) in [6.07, 6.45) is 0. The van der Waals surface area contributed by atoms with Crippen LogP contribution in [0.5, 0.6) is 0 Å². The van der Waals surface area contributed by atoms with Gasteiger partial charge < -0.3 is 9.64 Å². The van der Waals surface area contributed by atoms with E-state index in [-0.39, 0.29) is 5.56 Å². The molecular formula is C15H22F2N2O2. The zero-order valence-electron chi connectivity index (χ0n) is 12.7. The van der Waals surface area contributed by atoms with Crippen LogP contribution in [0, 0.1) is 11.6 Å². The lowest BCUT2D eigenvalue weighted by atomic mass is 10.1. The molecule has 0 radical (unpaired) electrons. The summed E-state index contributed by atoms with van der Waals surface area (Å²) < 4.78 is 31.5. The van der Waals surface area contributed by atoms with Crippen LogP contribution < -0.4 is 5.32 Å². The van der Waals surface area contributed by atoms with Gasteiger partial charge in [-0.3, -0.25) is 5.32 Å². The molecule has 21 heavy (non-hydrogen) atoms. The Kier molecular flexibility index (Phi) is 7.25. The number of carbonyl (C=O) groups is 1. The SMILES string of the molecule is CCN(CC)CCNC(C(=O)OC)c1ccc(F)cc1F. The maximum atomic E-state index is 13.8. The molecule has 0 aromatic heterocycles. The molecule has 0 saturated carbocycles. The minimum Gasteiger partial charge on any atom is -0.468 e. The lowest BCUT2D eigenvalue weighted by molar-refractivity contribution is -0.143. The maximum Gasteiger partial charge on any atom is 0.327 e. The molecular weight excluding hydrogens is 278 g/mol. The average Bonchev–Trinajstić information content (AvgIpc) is 2.48. The van der Waals surface area contributed by atoms with Gasteiger partial charge in [-0.15, -0.1) is 0 Å². The lowest BCUT2D eigenvalue weighted by Crippen LogP contribution is -2.37. The van der Waals surface area contributed by atoms with E-state index in [0.29, 0.717) is 6.54 Å². The van der Waals surface area contributed by atoms with E-state index in [1.54, 1.807) is 0 Å². The second kappa shape index (κ2) is 8.69. The van der Waals surface area contributed by atoms with Crippen LogP contribution in [0.15, 0.2) is 18.2 Å². The lowest BCUT2D eigenvalue weighted by Gasteiger charge is -2.21. The Labute approximate surface area is 124 Å². The average molecular weight is 300 g/mol. The van der Waals surface area contributed by atoms with Crippen molar-refractivity contribution >= 4 is 5.97 Å². The number of hydrogen-bond acceptors (Lipinski definition) is 4. The molecule has 0 amide bonds. The molecule has 1 aromatic carbocycles. The summed E-state index contributed by atoms with van der Waals surface area (Å²) >= 11 is 0. The number of esters is 1. The molecule has 1 rings (SSSR count). The number of halogens is 2. The van der Waals surface area contributed by atoms with Crippen molar-refractivity contribution in [1.29, 1.82) is 0 Å². The molecule has 0 bridgehead atoms. The molecule has 0 aliphatic carbocycles.